The van der Waals surface area contributed by atoms with Crippen LogP contribution in [0, 0.1) is 0 Å². The molecule has 112 valence electrons. The van der Waals surface area contributed by atoms with E-state index in [1.807, 2.05) is 6.07 Å². The molecule has 0 amide bonds. The van der Waals surface area contributed by atoms with E-state index in [-0.39, 0.29) is 0 Å². The van der Waals surface area contributed by atoms with Gasteiger partial charge in [0.1, 0.15) is 0 Å². The van der Waals surface area contributed by atoms with Crippen LogP contribution in [0.4, 0.5) is 0 Å². The molecule has 4 nitrogen and oxygen atoms in total. The second-order valence-corrected chi connectivity index (χ2v) is 5.31. The van der Waals surface area contributed by atoms with Crippen molar-refractivity contribution in [3.63, 3.8) is 0 Å². The summed E-state index contributed by atoms with van der Waals surface area (Å²) in [7, 11) is 3.36. The van der Waals surface area contributed by atoms with E-state index in [0.29, 0.717) is 6.04 Å². The summed E-state index contributed by atoms with van der Waals surface area (Å²) >= 11 is 0. The Balaban J connectivity index is 2.09. The van der Waals surface area contributed by atoms with E-state index in [2.05, 4.69) is 29.3 Å². The van der Waals surface area contributed by atoms with E-state index in [0.717, 1.165) is 37.7 Å². The summed E-state index contributed by atoms with van der Waals surface area (Å²) in [5.41, 5.74) is 1.28. The second kappa shape index (κ2) is 7.50. The van der Waals surface area contributed by atoms with Gasteiger partial charge in [0.15, 0.2) is 11.5 Å². The Morgan fingerprint density at radius 3 is 2.65 bits per heavy atom. The lowest BCUT2D eigenvalue weighted by molar-refractivity contribution is 0.199. The molecule has 1 saturated heterocycles. The van der Waals surface area contributed by atoms with Gasteiger partial charge < -0.3 is 14.8 Å². The van der Waals surface area contributed by atoms with E-state index in [9.17, 15) is 0 Å². The number of methoxy groups -OCH3 is 2. The SMILES string of the molecule is CCCN(Cc1ccc(OC)c(OC)c1)C1CCNC1. The number of hydrogen-bond donors (Lipinski definition) is 1. The summed E-state index contributed by atoms with van der Waals surface area (Å²) in [5.74, 6) is 1.60. The highest BCUT2D eigenvalue weighted by atomic mass is 16.5. The van der Waals surface area contributed by atoms with Crippen LogP contribution in [-0.4, -0.2) is 44.8 Å². The summed E-state index contributed by atoms with van der Waals surface area (Å²) in [4.78, 5) is 2.57. The van der Waals surface area contributed by atoms with Crippen molar-refractivity contribution >= 4 is 0 Å². The summed E-state index contributed by atoms with van der Waals surface area (Å²) in [5, 5.41) is 3.45. The summed E-state index contributed by atoms with van der Waals surface area (Å²) < 4.78 is 10.7. The Labute approximate surface area is 122 Å². The number of rotatable bonds is 7. The Morgan fingerprint density at radius 2 is 2.05 bits per heavy atom. The third-order valence-corrected chi connectivity index (χ3v) is 3.90. The second-order valence-electron chi connectivity index (χ2n) is 5.31. The number of ether oxygens (including phenoxy) is 2. The topological polar surface area (TPSA) is 33.7 Å². The van der Waals surface area contributed by atoms with Gasteiger partial charge in [-0.15, -0.1) is 0 Å². The molecule has 1 atom stereocenters. The molecule has 1 heterocycles. The largest absolute Gasteiger partial charge is 0.493 e. The molecule has 4 heteroatoms. The average molecular weight is 278 g/mol. The number of nitrogens with zero attached hydrogens (tertiary/aromatic N) is 1. The maximum atomic E-state index is 5.39. The minimum Gasteiger partial charge on any atom is -0.493 e. The van der Waals surface area contributed by atoms with Crippen molar-refractivity contribution in [3.8, 4) is 11.5 Å². The van der Waals surface area contributed by atoms with Crippen molar-refractivity contribution in [2.45, 2.75) is 32.4 Å². The monoisotopic (exact) mass is 278 g/mol. The zero-order chi connectivity index (χ0) is 14.4. The van der Waals surface area contributed by atoms with Crippen molar-refractivity contribution < 1.29 is 9.47 Å². The standard InChI is InChI=1S/C16H26N2O2/c1-4-9-18(14-7-8-17-11-14)12-13-5-6-15(19-2)16(10-13)20-3/h5-6,10,14,17H,4,7-9,11-12H2,1-3H3. The number of hydrogen-bond acceptors (Lipinski definition) is 4. The van der Waals surface area contributed by atoms with E-state index >= 15 is 0 Å². The number of benzene rings is 1. The lowest BCUT2D eigenvalue weighted by atomic mass is 10.1. The van der Waals surface area contributed by atoms with Crippen LogP contribution in [0.1, 0.15) is 25.3 Å². The van der Waals surface area contributed by atoms with Crippen molar-refractivity contribution in [1.29, 1.82) is 0 Å². The first-order valence-corrected chi connectivity index (χ1v) is 7.44. The molecule has 0 bridgehead atoms. The van der Waals surface area contributed by atoms with Gasteiger partial charge in [-0.1, -0.05) is 13.0 Å². The first-order chi connectivity index (χ1) is 9.78. The summed E-state index contributed by atoms with van der Waals surface area (Å²) in [6.07, 6.45) is 2.43. The van der Waals surface area contributed by atoms with E-state index in [1.165, 1.54) is 18.4 Å². The molecule has 1 aromatic rings. The van der Waals surface area contributed by atoms with Crippen LogP contribution in [0.2, 0.25) is 0 Å². The van der Waals surface area contributed by atoms with Crippen LogP contribution < -0.4 is 14.8 Å². The van der Waals surface area contributed by atoms with Crippen LogP contribution in [0.25, 0.3) is 0 Å². The summed E-state index contributed by atoms with van der Waals surface area (Å²) in [6, 6.07) is 6.87. The molecule has 0 aliphatic carbocycles. The third kappa shape index (κ3) is 3.64. The molecule has 1 aromatic carbocycles. The Morgan fingerprint density at radius 1 is 1.25 bits per heavy atom. The van der Waals surface area contributed by atoms with Crippen molar-refractivity contribution in [2.75, 3.05) is 33.9 Å². The molecule has 0 saturated carbocycles. The van der Waals surface area contributed by atoms with Crippen LogP contribution in [0.3, 0.4) is 0 Å². The molecular formula is C16H26N2O2. The Bertz CT molecular complexity index is 417. The molecule has 1 N–H and O–H groups in total. The van der Waals surface area contributed by atoms with Gasteiger partial charge in [-0.3, -0.25) is 4.90 Å². The molecule has 1 unspecified atom stereocenters. The molecule has 1 aliphatic heterocycles. The van der Waals surface area contributed by atoms with Crippen LogP contribution in [0.5, 0.6) is 11.5 Å². The lowest BCUT2D eigenvalue weighted by Crippen LogP contribution is -2.36. The average Bonchev–Trinajstić information content (AvgIpc) is 3.00. The highest BCUT2D eigenvalue weighted by Gasteiger charge is 2.21. The fraction of sp³-hybridized carbons (Fsp3) is 0.625. The third-order valence-electron chi connectivity index (χ3n) is 3.90. The predicted octanol–water partition coefficient (Wildman–Crippen LogP) is 2.28. The maximum absolute atomic E-state index is 5.39. The van der Waals surface area contributed by atoms with Gasteiger partial charge in [0.2, 0.25) is 0 Å². The normalized spacial score (nSPS) is 18.5. The zero-order valence-corrected chi connectivity index (χ0v) is 12.8. The van der Waals surface area contributed by atoms with Gasteiger partial charge in [-0.2, -0.15) is 0 Å². The number of nitrogens with one attached hydrogen (secondary N) is 1. The predicted molar refractivity (Wildman–Crippen MR) is 81.5 cm³/mol. The van der Waals surface area contributed by atoms with Gasteiger partial charge in [0.05, 0.1) is 14.2 Å². The van der Waals surface area contributed by atoms with Gasteiger partial charge in [-0.25, -0.2) is 0 Å². The molecule has 0 spiro atoms. The molecule has 0 radical (unpaired) electrons. The molecule has 2 rings (SSSR count). The van der Waals surface area contributed by atoms with E-state index in [1.54, 1.807) is 14.2 Å². The lowest BCUT2D eigenvalue weighted by Gasteiger charge is -2.28. The van der Waals surface area contributed by atoms with Gasteiger partial charge in [0, 0.05) is 19.1 Å². The van der Waals surface area contributed by atoms with Crippen LogP contribution in [0.15, 0.2) is 18.2 Å². The molecular weight excluding hydrogens is 252 g/mol. The maximum Gasteiger partial charge on any atom is 0.161 e. The van der Waals surface area contributed by atoms with Crippen molar-refractivity contribution in [2.24, 2.45) is 0 Å². The summed E-state index contributed by atoms with van der Waals surface area (Å²) in [6.45, 7) is 6.59. The van der Waals surface area contributed by atoms with E-state index in [4.69, 9.17) is 9.47 Å². The van der Waals surface area contributed by atoms with Gasteiger partial charge in [0.25, 0.3) is 0 Å². The molecule has 0 aromatic heterocycles. The van der Waals surface area contributed by atoms with Crippen LogP contribution >= 0.6 is 0 Å². The van der Waals surface area contributed by atoms with Crippen molar-refractivity contribution in [1.82, 2.24) is 10.2 Å². The Hall–Kier alpha value is -1.26. The van der Waals surface area contributed by atoms with Gasteiger partial charge >= 0.3 is 0 Å². The smallest absolute Gasteiger partial charge is 0.161 e. The van der Waals surface area contributed by atoms with Gasteiger partial charge in [-0.05, 0) is 43.6 Å². The fourth-order valence-corrected chi connectivity index (χ4v) is 2.84. The van der Waals surface area contributed by atoms with Crippen LogP contribution in [-0.2, 0) is 6.54 Å². The fourth-order valence-electron chi connectivity index (χ4n) is 2.84. The molecule has 1 fully saturated rings. The highest BCUT2D eigenvalue weighted by molar-refractivity contribution is 5.42. The first-order valence-electron chi connectivity index (χ1n) is 7.44. The molecule has 20 heavy (non-hydrogen) atoms. The Kier molecular flexibility index (Phi) is 5.68. The zero-order valence-electron chi connectivity index (χ0n) is 12.8. The van der Waals surface area contributed by atoms with E-state index < -0.39 is 0 Å². The highest BCUT2D eigenvalue weighted by Crippen LogP contribution is 2.28. The first kappa shape index (κ1) is 15.1. The quantitative estimate of drug-likeness (QED) is 0.829. The minimum absolute atomic E-state index is 0.656. The van der Waals surface area contributed by atoms with Crippen molar-refractivity contribution in [3.05, 3.63) is 23.8 Å². The molecule has 1 aliphatic rings. The minimum atomic E-state index is 0.656.